The summed E-state index contributed by atoms with van der Waals surface area (Å²) in [7, 11) is 0. The van der Waals surface area contributed by atoms with E-state index in [4.69, 9.17) is 0 Å². The van der Waals surface area contributed by atoms with Gasteiger partial charge < -0.3 is 9.80 Å². The molecule has 4 rings (SSSR count). The molecular formula is C20H26N4O. The molecule has 25 heavy (non-hydrogen) atoms. The molecule has 0 aromatic carbocycles. The summed E-state index contributed by atoms with van der Waals surface area (Å²) in [6, 6.07) is 4.27. The number of hydrogen-bond acceptors (Lipinski definition) is 4. The van der Waals surface area contributed by atoms with Crippen LogP contribution in [0, 0.1) is 36.5 Å². The lowest BCUT2D eigenvalue weighted by atomic mass is 9.78. The molecule has 1 spiro atoms. The van der Waals surface area contributed by atoms with Crippen LogP contribution in [-0.4, -0.2) is 42.0 Å². The van der Waals surface area contributed by atoms with Gasteiger partial charge in [0.15, 0.2) is 0 Å². The molecule has 1 atom stereocenters. The predicted molar refractivity (Wildman–Crippen MR) is 96.2 cm³/mol. The van der Waals surface area contributed by atoms with Crippen LogP contribution in [0.15, 0.2) is 6.07 Å². The van der Waals surface area contributed by atoms with Gasteiger partial charge in [0.25, 0.3) is 0 Å². The summed E-state index contributed by atoms with van der Waals surface area (Å²) in [5, 5.41) is 9.56. The summed E-state index contributed by atoms with van der Waals surface area (Å²) < 4.78 is 0. The Kier molecular flexibility index (Phi) is 3.94. The van der Waals surface area contributed by atoms with E-state index in [2.05, 4.69) is 20.9 Å². The van der Waals surface area contributed by atoms with E-state index < -0.39 is 0 Å². The van der Waals surface area contributed by atoms with Gasteiger partial charge in [-0.2, -0.15) is 5.26 Å². The van der Waals surface area contributed by atoms with Crippen molar-refractivity contribution in [1.82, 2.24) is 9.88 Å². The molecule has 1 aliphatic carbocycles. The Morgan fingerprint density at radius 2 is 2.12 bits per heavy atom. The van der Waals surface area contributed by atoms with Gasteiger partial charge in [-0.25, -0.2) is 4.98 Å². The summed E-state index contributed by atoms with van der Waals surface area (Å²) in [5.41, 5.74) is 2.29. The first kappa shape index (κ1) is 16.4. The van der Waals surface area contributed by atoms with Crippen LogP contribution >= 0.6 is 0 Å². The quantitative estimate of drug-likeness (QED) is 0.850. The second-order valence-electron chi connectivity index (χ2n) is 8.14. The largest absolute Gasteiger partial charge is 0.354 e. The number of nitriles is 1. The summed E-state index contributed by atoms with van der Waals surface area (Å²) in [4.78, 5) is 22.1. The Balaban J connectivity index is 1.58. The van der Waals surface area contributed by atoms with Crippen molar-refractivity contribution in [2.24, 2.45) is 11.3 Å². The van der Waals surface area contributed by atoms with Crippen LogP contribution < -0.4 is 4.90 Å². The average Bonchev–Trinajstić information content (AvgIpc) is 3.29. The van der Waals surface area contributed by atoms with Crippen LogP contribution in [0.1, 0.15) is 48.9 Å². The van der Waals surface area contributed by atoms with Gasteiger partial charge in [0.05, 0.1) is 11.0 Å². The lowest BCUT2D eigenvalue weighted by Gasteiger charge is -2.39. The summed E-state index contributed by atoms with van der Waals surface area (Å²) in [6.45, 7) is 7.32. The number of carbonyl (C=O) groups is 1. The normalized spacial score (nSPS) is 26.4. The average molecular weight is 338 g/mol. The third-order valence-corrected chi connectivity index (χ3v) is 6.09. The van der Waals surface area contributed by atoms with Crippen molar-refractivity contribution in [1.29, 1.82) is 5.26 Å². The second-order valence-corrected chi connectivity index (χ2v) is 8.14. The maximum Gasteiger partial charge on any atom is 0.230 e. The van der Waals surface area contributed by atoms with Gasteiger partial charge in [0.2, 0.25) is 5.91 Å². The molecular weight excluding hydrogens is 312 g/mol. The Morgan fingerprint density at radius 3 is 2.84 bits per heavy atom. The first-order valence-corrected chi connectivity index (χ1v) is 9.45. The number of carbonyl (C=O) groups excluding carboxylic acids is 1. The van der Waals surface area contributed by atoms with Crippen LogP contribution in [-0.2, 0) is 4.79 Å². The zero-order valence-electron chi connectivity index (χ0n) is 15.2. The first-order chi connectivity index (χ1) is 12.0. The van der Waals surface area contributed by atoms with Gasteiger partial charge in [0, 0.05) is 31.9 Å². The van der Waals surface area contributed by atoms with Gasteiger partial charge >= 0.3 is 0 Å². The molecule has 1 amide bonds. The fraction of sp³-hybridized carbons (Fsp3) is 0.650. The van der Waals surface area contributed by atoms with Gasteiger partial charge in [-0.05, 0) is 63.5 Å². The van der Waals surface area contributed by atoms with Crippen LogP contribution in [0.25, 0.3) is 0 Å². The van der Waals surface area contributed by atoms with Crippen molar-refractivity contribution in [3.8, 4) is 6.07 Å². The monoisotopic (exact) mass is 338 g/mol. The SMILES string of the molecule is Cc1cc(C)c(C#N)c(N2CC[C@@]3(CCCN(CC4CC4)C3=O)C2)n1. The first-order valence-electron chi connectivity index (χ1n) is 9.45. The maximum atomic E-state index is 13.2. The minimum Gasteiger partial charge on any atom is -0.354 e. The minimum absolute atomic E-state index is 0.265. The van der Waals surface area contributed by atoms with Crippen LogP contribution in [0.3, 0.4) is 0 Å². The Morgan fingerprint density at radius 1 is 1.32 bits per heavy atom. The third kappa shape index (κ3) is 2.88. The highest BCUT2D eigenvalue weighted by Gasteiger charge is 2.49. The van der Waals surface area contributed by atoms with Crippen molar-refractivity contribution in [2.75, 3.05) is 31.1 Å². The summed E-state index contributed by atoms with van der Waals surface area (Å²) in [6.07, 6.45) is 5.50. The smallest absolute Gasteiger partial charge is 0.230 e. The highest BCUT2D eigenvalue weighted by atomic mass is 16.2. The van der Waals surface area contributed by atoms with Crippen molar-refractivity contribution in [3.63, 3.8) is 0 Å². The number of nitrogens with zero attached hydrogens (tertiary/aromatic N) is 4. The van der Waals surface area contributed by atoms with Crippen molar-refractivity contribution in [3.05, 3.63) is 22.9 Å². The number of rotatable bonds is 3. The Bertz CT molecular complexity index is 749. The topological polar surface area (TPSA) is 60.2 Å². The Labute approximate surface area is 149 Å². The molecule has 2 saturated heterocycles. The number of anilines is 1. The molecule has 132 valence electrons. The van der Waals surface area contributed by atoms with E-state index in [-0.39, 0.29) is 5.41 Å². The number of piperidine rings is 1. The van der Waals surface area contributed by atoms with Gasteiger partial charge in [-0.1, -0.05) is 0 Å². The van der Waals surface area contributed by atoms with E-state index in [1.165, 1.54) is 12.8 Å². The molecule has 3 heterocycles. The van der Waals surface area contributed by atoms with Crippen molar-refractivity contribution >= 4 is 11.7 Å². The molecule has 1 aromatic rings. The molecule has 0 N–H and O–H groups in total. The zero-order valence-corrected chi connectivity index (χ0v) is 15.2. The number of aromatic nitrogens is 1. The number of aryl methyl sites for hydroxylation is 2. The van der Waals surface area contributed by atoms with Gasteiger partial charge in [-0.3, -0.25) is 4.79 Å². The molecule has 1 saturated carbocycles. The van der Waals surface area contributed by atoms with Crippen LogP contribution in [0.5, 0.6) is 0 Å². The second kappa shape index (κ2) is 6.01. The Hall–Kier alpha value is -2.09. The van der Waals surface area contributed by atoms with E-state index in [1.54, 1.807) is 0 Å². The molecule has 5 nitrogen and oxygen atoms in total. The third-order valence-electron chi connectivity index (χ3n) is 6.09. The van der Waals surface area contributed by atoms with E-state index >= 15 is 0 Å². The number of likely N-dealkylation sites (tertiary alicyclic amines) is 1. The lowest BCUT2D eigenvalue weighted by Crippen LogP contribution is -2.50. The zero-order chi connectivity index (χ0) is 17.6. The predicted octanol–water partition coefficient (Wildman–Crippen LogP) is 2.80. The highest BCUT2D eigenvalue weighted by molar-refractivity contribution is 5.85. The molecule has 0 radical (unpaired) electrons. The molecule has 3 fully saturated rings. The van der Waals surface area contributed by atoms with Crippen LogP contribution in [0.2, 0.25) is 0 Å². The number of amides is 1. The highest BCUT2D eigenvalue weighted by Crippen LogP contribution is 2.43. The molecule has 0 bridgehead atoms. The van der Waals surface area contributed by atoms with Gasteiger partial charge in [-0.15, -0.1) is 0 Å². The fourth-order valence-electron chi connectivity index (χ4n) is 4.55. The van der Waals surface area contributed by atoms with E-state index in [0.717, 1.165) is 61.9 Å². The lowest BCUT2D eigenvalue weighted by molar-refractivity contribution is -0.145. The number of pyridine rings is 1. The molecule has 3 aliphatic rings. The van der Waals surface area contributed by atoms with E-state index in [0.29, 0.717) is 18.0 Å². The standard InChI is InChI=1S/C20H26N4O/c1-14-10-15(2)22-18(17(14)11-21)24-9-7-20(13-24)6-3-8-23(19(20)25)12-16-4-5-16/h10,16H,3-9,12-13H2,1-2H3/t20-/m0/s1. The molecule has 1 aromatic heterocycles. The summed E-state index contributed by atoms with van der Waals surface area (Å²) in [5.74, 6) is 1.85. The molecule has 0 unspecified atom stereocenters. The summed E-state index contributed by atoms with van der Waals surface area (Å²) >= 11 is 0. The minimum atomic E-state index is -0.265. The van der Waals surface area contributed by atoms with Crippen LogP contribution in [0.4, 0.5) is 5.82 Å². The van der Waals surface area contributed by atoms with Crippen molar-refractivity contribution < 1.29 is 4.79 Å². The molecule has 5 heteroatoms. The maximum absolute atomic E-state index is 13.2. The van der Waals surface area contributed by atoms with E-state index in [9.17, 15) is 10.1 Å². The fourth-order valence-corrected chi connectivity index (χ4v) is 4.55. The van der Waals surface area contributed by atoms with E-state index in [1.807, 2.05) is 19.9 Å². The molecule has 2 aliphatic heterocycles. The number of hydrogen-bond donors (Lipinski definition) is 0. The van der Waals surface area contributed by atoms with Crippen molar-refractivity contribution in [2.45, 2.75) is 46.0 Å². The van der Waals surface area contributed by atoms with Gasteiger partial charge in [0.1, 0.15) is 11.9 Å².